The van der Waals surface area contributed by atoms with Crippen molar-refractivity contribution in [1.29, 1.82) is 5.26 Å². The number of carbonyl (C=O) groups is 1. The van der Waals surface area contributed by atoms with Gasteiger partial charge >= 0.3 is 0 Å². The highest BCUT2D eigenvalue weighted by molar-refractivity contribution is 5.78. The lowest BCUT2D eigenvalue weighted by Crippen LogP contribution is -2.17. The Morgan fingerprint density at radius 3 is 2.76 bits per heavy atom. The maximum atomic E-state index is 11.0. The van der Waals surface area contributed by atoms with Crippen LogP contribution < -0.4 is 0 Å². The van der Waals surface area contributed by atoms with Crippen LogP contribution in [0, 0.1) is 11.3 Å². The number of nitriles is 1. The zero-order chi connectivity index (χ0) is 12.8. The monoisotopic (exact) mass is 233 g/mol. The lowest BCUT2D eigenvalue weighted by atomic mass is 9.99. The van der Waals surface area contributed by atoms with Crippen molar-refractivity contribution in [3.8, 4) is 6.07 Å². The van der Waals surface area contributed by atoms with Crippen LogP contribution >= 0.6 is 0 Å². The molecule has 4 nitrogen and oxygen atoms in total. The van der Waals surface area contributed by atoms with Gasteiger partial charge in [0.05, 0.1) is 18.6 Å². The van der Waals surface area contributed by atoms with Gasteiger partial charge in [0.1, 0.15) is 11.9 Å². The van der Waals surface area contributed by atoms with Gasteiger partial charge in [-0.25, -0.2) is 0 Å². The molecule has 4 heteroatoms. The van der Waals surface area contributed by atoms with E-state index in [1.807, 2.05) is 0 Å². The van der Waals surface area contributed by atoms with Crippen LogP contribution in [0.3, 0.4) is 0 Å². The molecule has 17 heavy (non-hydrogen) atoms. The molecule has 0 spiro atoms. The van der Waals surface area contributed by atoms with Crippen molar-refractivity contribution in [2.24, 2.45) is 0 Å². The van der Waals surface area contributed by atoms with E-state index in [0.29, 0.717) is 12.0 Å². The number of Topliss-reactive ketones (excluding diaryl/α,β-unsaturated/α-hetero) is 1. The SMILES string of the molecule is CC(=O)Cc1cccc(C(O)C(O)CC#N)c1. The molecular weight excluding hydrogens is 218 g/mol. The van der Waals surface area contributed by atoms with Gasteiger partial charge in [0.25, 0.3) is 0 Å². The van der Waals surface area contributed by atoms with E-state index in [2.05, 4.69) is 0 Å². The van der Waals surface area contributed by atoms with Crippen molar-refractivity contribution in [3.63, 3.8) is 0 Å². The molecule has 0 aliphatic heterocycles. The molecule has 0 aliphatic rings. The Labute approximate surface area is 100 Å². The molecule has 0 heterocycles. The first-order chi connectivity index (χ1) is 8.04. The lowest BCUT2D eigenvalue weighted by molar-refractivity contribution is -0.116. The Hall–Kier alpha value is -1.70. The molecule has 2 N–H and O–H groups in total. The van der Waals surface area contributed by atoms with E-state index in [9.17, 15) is 15.0 Å². The average Bonchev–Trinajstić information content (AvgIpc) is 2.28. The molecule has 1 aromatic carbocycles. The number of benzene rings is 1. The average molecular weight is 233 g/mol. The summed E-state index contributed by atoms with van der Waals surface area (Å²) >= 11 is 0. The molecule has 0 aromatic heterocycles. The summed E-state index contributed by atoms with van der Waals surface area (Å²) < 4.78 is 0. The highest BCUT2D eigenvalue weighted by Crippen LogP contribution is 2.20. The van der Waals surface area contributed by atoms with Crippen LogP contribution in [-0.4, -0.2) is 22.1 Å². The first kappa shape index (κ1) is 13.4. The van der Waals surface area contributed by atoms with Gasteiger partial charge < -0.3 is 10.2 Å². The Morgan fingerprint density at radius 1 is 1.47 bits per heavy atom. The molecule has 0 aliphatic carbocycles. The quantitative estimate of drug-likeness (QED) is 0.798. The van der Waals surface area contributed by atoms with Crippen molar-refractivity contribution in [3.05, 3.63) is 35.4 Å². The Bertz CT molecular complexity index is 437. The van der Waals surface area contributed by atoms with Crippen LogP contribution in [0.1, 0.15) is 30.6 Å². The number of carbonyl (C=O) groups excluding carboxylic acids is 1. The normalized spacial score (nSPS) is 13.8. The third-order valence-corrected chi connectivity index (χ3v) is 2.41. The minimum atomic E-state index is -1.10. The molecule has 90 valence electrons. The van der Waals surface area contributed by atoms with Gasteiger partial charge in [-0.2, -0.15) is 5.26 Å². The van der Waals surface area contributed by atoms with Crippen molar-refractivity contribution in [2.75, 3.05) is 0 Å². The Kier molecular flexibility index (Phi) is 4.83. The molecule has 2 unspecified atom stereocenters. The molecule has 2 atom stereocenters. The summed E-state index contributed by atoms with van der Waals surface area (Å²) in [6.45, 7) is 1.49. The molecule has 0 saturated carbocycles. The lowest BCUT2D eigenvalue weighted by Gasteiger charge is -2.16. The summed E-state index contributed by atoms with van der Waals surface area (Å²) in [6.07, 6.45) is -2.03. The van der Waals surface area contributed by atoms with E-state index in [1.54, 1.807) is 30.3 Å². The van der Waals surface area contributed by atoms with Gasteiger partial charge in [0.15, 0.2) is 0 Å². The zero-order valence-corrected chi connectivity index (χ0v) is 9.63. The molecule has 0 bridgehead atoms. The predicted octanol–water partition coefficient (Wildman–Crippen LogP) is 1.13. The van der Waals surface area contributed by atoms with E-state index < -0.39 is 12.2 Å². The van der Waals surface area contributed by atoms with E-state index in [0.717, 1.165) is 5.56 Å². The first-order valence-electron chi connectivity index (χ1n) is 5.36. The summed E-state index contributed by atoms with van der Waals surface area (Å²) in [6, 6.07) is 8.64. The summed E-state index contributed by atoms with van der Waals surface area (Å²) in [5.74, 6) is 0.0363. The highest BCUT2D eigenvalue weighted by atomic mass is 16.3. The van der Waals surface area contributed by atoms with Crippen molar-refractivity contribution < 1.29 is 15.0 Å². The number of nitrogens with zero attached hydrogens (tertiary/aromatic N) is 1. The fraction of sp³-hybridized carbons (Fsp3) is 0.385. The zero-order valence-electron chi connectivity index (χ0n) is 9.63. The van der Waals surface area contributed by atoms with Gasteiger partial charge in [-0.05, 0) is 18.1 Å². The number of hydrogen-bond donors (Lipinski definition) is 2. The van der Waals surface area contributed by atoms with Gasteiger partial charge in [-0.3, -0.25) is 4.79 Å². The Balaban J connectivity index is 2.84. The second-order valence-corrected chi connectivity index (χ2v) is 4.00. The second kappa shape index (κ2) is 6.14. The number of aliphatic hydroxyl groups excluding tert-OH is 2. The fourth-order valence-electron chi connectivity index (χ4n) is 1.60. The largest absolute Gasteiger partial charge is 0.389 e. The van der Waals surface area contributed by atoms with Gasteiger partial charge in [0.2, 0.25) is 0 Å². The maximum absolute atomic E-state index is 11.0. The van der Waals surface area contributed by atoms with Crippen molar-refractivity contribution >= 4 is 5.78 Å². The summed E-state index contributed by atoms with van der Waals surface area (Å²) in [5.41, 5.74) is 1.31. The minimum Gasteiger partial charge on any atom is -0.389 e. The molecule has 1 rings (SSSR count). The second-order valence-electron chi connectivity index (χ2n) is 4.00. The van der Waals surface area contributed by atoms with Crippen LogP contribution in [0.25, 0.3) is 0 Å². The van der Waals surface area contributed by atoms with Crippen molar-refractivity contribution in [1.82, 2.24) is 0 Å². The third kappa shape index (κ3) is 3.99. The Morgan fingerprint density at radius 2 is 2.18 bits per heavy atom. The minimum absolute atomic E-state index is 0.0363. The third-order valence-electron chi connectivity index (χ3n) is 2.41. The maximum Gasteiger partial charge on any atom is 0.134 e. The highest BCUT2D eigenvalue weighted by Gasteiger charge is 2.18. The number of ketones is 1. The van der Waals surface area contributed by atoms with E-state index in [4.69, 9.17) is 5.26 Å². The molecule has 0 amide bonds. The molecular formula is C13H15NO3. The van der Waals surface area contributed by atoms with Crippen LogP contribution in [0.2, 0.25) is 0 Å². The molecule has 0 radical (unpaired) electrons. The topological polar surface area (TPSA) is 81.3 Å². The van der Waals surface area contributed by atoms with E-state index in [-0.39, 0.29) is 12.2 Å². The number of hydrogen-bond acceptors (Lipinski definition) is 4. The molecule has 0 fully saturated rings. The predicted molar refractivity (Wildman–Crippen MR) is 62.0 cm³/mol. The molecule has 1 aromatic rings. The summed E-state index contributed by atoms with van der Waals surface area (Å²) in [4.78, 5) is 11.0. The van der Waals surface area contributed by atoms with Crippen LogP contribution in [-0.2, 0) is 11.2 Å². The molecule has 0 saturated heterocycles. The number of aliphatic hydroxyl groups is 2. The van der Waals surface area contributed by atoms with E-state index in [1.165, 1.54) is 6.92 Å². The fourth-order valence-corrected chi connectivity index (χ4v) is 1.60. The van der Waals surface area contributed by atoms with Crippen molar-refractivity contribution in [2.45, 2.75) is 32.0 Å². The summed E-state index contributed by atoms with van der Waals surface area (Å²) in [5, 5.41) is 27.7. The van der Waals surface area contributed by atoms with Crippen LogP contribution in [0.4, 0.5) is 0 Å². The standard InChI is InChI=1S/C13H15NO3/c1-9(15)7-10-3-2-4-11(8-10)13(17)12(16)5-6-14/h2-4,8,12-13,16-17H,5,7H2,1H3. The smallest absolute Gasteiger partial charge is 0.134 e. The first-order valence-corrected chi connectivity index (χ1v) is 5.36. The number of rotatable bonds is 5. The van der Waals surface area contributed by atoms with Crippen LogP contribution in [0.15, 0.2) is 24.3 Å². The van der Waals surface area contributed by atoms with Crippen LogP contribution in [0.5, 0.6) is 0 Å². The summed E-state index contributed by atoms with van der Waals surface area (Å²) in [7, 11) is 0. The van der Waals surface area contributed by atoms with Gasteiger partial charge in [-0.15, -0.1) is 0 Å². The van der Waals surface area contributed by atoms with Gasteiger partial charge in [-0.1, -0.05) is 24.3 Å². The van der Waals surface area contributed by atoms with Gasteiger partial charge in [0, 0.05) is 6.42 Å². The van der Waals surface area contributed by atoms with E-state index >= 15 is 0 Å².